The normalized spacial score (nSPS) is 11.6. The Hall–Kier alpha value is -3.55. The molecule has 0 fully saturated rings. The summed E-state index contributed by atoms with van der Waals surface area (Å²) in [5, 5.41) is 11.6. The van der Waals surface area contributed by atoms with E-state index in [1.807, 2.05) is 0 Å². The molecule has 0 bridgehead atoms. The fourth-order valence-corrected chi connectivity index (χ4v) is 2.23. The predicted octanol–water partition coefficient (Wildman–Crippen LogP) is 2.05. The van der Waals surface area contributed by atoms with Crippen molar-refractivity contribution in [2.45, 2.75) is 6.04 Å². The number of hydrogen-bond acceptors (Lipinski definition) is 4. The average Bonchev–Trinajstić information content (AvgIpc) is 3.13. The van der Waals surface area contributed by atoms with Crippen molar-refractivity contribution in [3.63, 3.8) is 0 Å². The Morgan fingerprint density at radius 2 is 1.88 bits per heavy atom. The number of halogens is 1. The molecule has 0 aliphatic carbocycles. The molecule has 0 spiro atoms. The molecule has 3 N–H and O–H groups in total. The summed E-state index contributed by atoms with van der Waals surface area (Å²) < 4.78 is 13.2. The number of benzene rings is 1. The van der Waals surface area contributed by atoms with Gasteiger partial charge in [-0.15, -0.1) is 0 Å². The summed E-state index contributed by atoms with van der Waals surface area (Å²) in [6.45, 7) is 0. The van der Waals surface area contributed by atoms with E-state index in [9.17, 15) is 14.0 Å². The lowest BCUT2D eigenvalue weighted by Gasteiger charge is -2.18. The zero-order valence-corrected chi connectivity index (χ0v) is 12.9. The van der Waals surface area contributed by atoms with Crippen molar-refractivity contribution in [1.29, 1.82) is 0 Å². The number of nitrogens with one attached hydrogen (secondary N) is 3. The minimum atomic E-state index is -0.965. The summed E-state index contributed by atoms with van der Waals surface area (Å²) in [5.41, 5.74) is 0.658. The first kappa shape index (κ1) is 16.3. The Labute approximate surface area is 142 Å². The van der Waals surface area contributed by atoms with Crippen molar-refractivity contribution in [3.8, 4) is 0 Å². The Morgan fingerprint density at radius 3 is 2.56 bits per heavy atom. The Balaban J connectivity index is 1.83. The minimum Gasteiger partial charge on any atom is -0.336 e. The second-order valence-corrected chi connectivity index (χ2v) is 5.14. The highest BCUT2D eigenvalue weighted by molar-refractivity contribution is 6.01. The third-order valence-corrected chi connectivity index (χ3v) is 3.42. The van der Waals surface area contributed by atoms with E-state index in [0.717, 1.165) is 6.07 Å². The fourth-order valence-electron chi connectivity index (χ4n) is 2.23. The van der Waals surface area contributed by atoms with Gasteiger partial charge in [-0.2, -0.15) is 9.49 Å². The monoisotopic (exact) mass is 339 g/mol. The molecule has 0 aliphatic rings. The van der Waals surface area contributed by atoms with Crippen molar-refractivity contribution < 1.29 is 14.0 Å². The predicted molar refractivity (Wildman–Crippen MR) is 88.1 cm³/mol. The molecule has 1 unspecified atom stereocenters. The van der Waals surface area contributed by atoms with Crippen molar-refractivity contribution in [1.82, 2.24) is 20.5 Å². The standard InChI is InChI=1S/C17H14FN5O2/c18-13-10-12(6-8-19-13)16(24)22-15(11-4-2-1-3-5-11)17(25)21-14-7-9-20-23-14/h1-10,15H,(H,22,24)(H2,20,21,23,25). The first-order valence-electron chi connectivity index (χ1n) is 7.41. The van der Waals surface area contributed by atoms with Crippen LogP contribution in [0.1, 0.15) is 22.0 Å². The van der Waals surface area contributed by atoms with E-state index in [1.54, 1.807) is 36.4 Å². The highest BCUT2D eigenvalue weighted by atomic mass is 19.1. The van der Waals surface area contributed by atoms with Crippen molar-refractivity contribution >= 4 is 17.6 Å². The van der Waals surface area contributed by atoms with E-state index in [1.165, 1.54) is 18.5 Å². The van der Waals surface area contributed by atoms with Crippen LogP contribution in [-0.4, -0.2) is 27.0 Å². The van der Waals surface area contributed by atoms with Crippen LogP contribution in [0.15, 0.2) is 60.9 Å². The van der Waals surface area contributed by atoms with Gasteiger partial charge in [0.05, 0.1) is 6.20 Å². The van der Waals surface area contributed by atoms with Crippen molar-refractivity contribution in [3.05, 3.63) is 78.0 Å². The number of rotatable bonds is 5. The van der Waals surface area contributed by atoms with E-state index in [4.69, 9.17) is 0 Å². The van der Waals surface area contributed by atoms with Gasteiger partial charge in [-0.25, -0.2) is 4.98 Å². The van der Waals surface area contributed by atoms with Crippen LogP contribution < -0.4 is 10.6 Å². The quantitative estimate of drug-likeness (QED) is 0.620. The number of carbonyl (C=O) groups is 2. The number of H-pyrrole nitrogens is 1. The molecule has 2 aromatic heterocycles. The van der Waals surface area contributed by atoms with E-state index >= 15 is 0 Å². The van der Waals surface area contributed by atoms with E-state index < -0.39 is 23.8 Å². The van der Waals surface area contributed by atoms with Gasteiger partial charge in [0.15, 0.2) is 0 Å². The molecule has 0 aliphatic heterocycles. The maximum atomic E-state index is 13.2. The Morgan fingerprint density at radius 1 is 1.08 bits per heavy atom. The van der Waals surface area contributed by atoms with Crippen LogP contribution in [0, 0.1) is 5.95 Å². The maximum Gasteiger partial charge on any atom is 0.252 e. The molecule has 1 atom stereocenters. The van der Waals surface area contributed by atoms with Crippen LogP contribution in [0.4, 0.5) is 10.2 Å². The van der Waals surface area contributed by atoms with Gasteiger partial charge in [0.2, 0.25) is 5.95 Å². The topological polar surface area (TPSA) is 99.8 Å². The largest absolute Gasteiger partial charge is 0.336 e. The number of aromatic amines is 1. The molecule has 0 saturated carbocycles. The van der Waals surface area contributed by atoms with Crippen LogP contribution in [0.2, 0.25) is 0 Å². The van der Waals surface area contributed by atoms with Gasteiger partial charge in [-0.3, -0.25) is 14.7 Å². The average molecular weight is 339 g/mol. The van der Waals surface area contributed by atoms with Gasteiger partial charge in [0.25, 0.3) is 11.8 Å². The smallest absolute Gasteiger partial charge is 0.252 e. The molecule has 0 radical (unpaired) electrons. The molecule has 1 aromatic carbocycles. The molecule has 2 heterocycles. The molecule has 2 amide bonds. The second kappa shape index (κ2) is 7.35. The molecular formula is C17H14FN5O2. The number of nitrogens with zero attached hydrogens (tertiary/aromatic N) is 2. The number of carbonyl (C=O) groups excluding carboxylic acids is 2. The van der Waals surface area contributed by atoms with Crippen LogP contribution in [0.5, 0.6) is 0 Å². The molecular weight excluding hydrogens is 325 g/mol. The highest BCUT2D eigenvalue weighted by Crippen LogP contribution is 2.16. The first-order chi connectivity index (χ1) is 12.1. The molecule has 0 saturated heterocycles. The molecule has 3 rings (SSSR count). The molecule has 7 nitrogen and oxygen atoms in total. The lowest BCUT2D eigenvalue weighted by Crippen LogP contribution is -2.37. The summed E-state index contributed by atoms with van der Waals surface area (Å²) in [4.78, 5) is 28.4. The summed E-state index contributed by atoms with van der Waals surface area (Å²) >= 11 is 0. The second-order valence-electron chi connectivity index (χ2n) is 5.14. The summed E-state index contributed by atoms with van der Waals surface area (Å²) in [5.74, 6) is -1.42. The molecule has 126 valence electrons. The number of aromatic nitrogens is 3. The van der Waals surface area contributed by atoms with Gasteiger partial charge >= 0.3 is 0 Å². The van der Waals surface area contributed by atoms with Crippen LogP contribution in [-0.2, 0) is 4.79 Å². The van der Waals surface area contributed by atoms with Crippen LogP contribution >= 0.6 is 0 Å². The minimum absolute atomic E-state index is 0.0720. The number of amides is 2. The van der Waals surface area contributed by atoms with E-state index in [-0.39, 0.29) is 5.56 Å². The number of anilines is 1. The maximum absolute atomic E-state index is 13.2. The third kappa shape index (κ3) is 4.05. The zero-order valence-electron chi connectivity index (χ0n) is 12.9. The lowest BCUT2D eigenvalue weighted by molar-refractivity contribution is -0.118. The van der Waals surface area contributed by atoms with Gasteiger partial charge in [0, 0.05) is 23.9 Å². The third-order valence-electron chi connectivity index (χ3n) is 3.42. The molecule has 8 heteroatoms. The van der Waals surface area contributed by atoms with Crippen molar-refractivity contribution in [2.75, 3.05) is 5.32 Å². The first-order valence-corrected chi connectivity index (χ1v) is 7.41. The number of pyridine rings is 1. The zero-order chi connectivity index (χ0) is 17.6. The Kier molecular flexibility index (Phi) is 4.79. The fraction of sp³-hybridized carbons (Fsp3) is 0.0588. The SMILES string of the molecule is O=C(NC(C(=O)Nc1ccn[nH]1)c1ccccc1)c1ccnc(F)c1. The summed E-state index contributed by atoms with van der Waals surface area (Å²) in [6.07, 6.45) is 2.68. The van der Waals surface area contributed by atoms with E-state index in [0.29, 0.717) is 11.4 Å². The number of hydrogen-bond donors (Lipinski definition) is 3. The van der Waals surface area contributed by atoms with Crippen LogP contribution in [0.3, 0.4) is 0 Å². The van der Waals surface area contributed by atoms with Crippen molar-refractivity contribution in [2.24, 2.45) is 0 Å². The lowest BCUT2D eigenvalue weighted by atomic mass is 10.1. The van der Waals surface area contributed by atoms with Crippen LogP contribution in [0.25, 0.3) is 0 Å². The van der Waals surface area contributed by atoms with Gasteiger partial charge < -0.3 is 10.6 Å². The van der Waals surface area contributed by atoms with Gasteiger partial charge in [0.1, 0.15) is 11.9 Å². The molecule has 25 heavy (non-hydrogen) atoms. The van der Waals surface area contributed by atoms with Gasteiger partial charge in [-0.1, -0.05) is 30.3 Å². The molecule has 3 aromatic rings. The summed E-state index contributed by atoms with van der Waals surface area (Å²) in [6, 6.07) is 11.7. The van der Waals surface area contributed by atoms with E-state index in [2.05, 4.69) is 25.8 Å². The Bertz CT molecular complexity index is 868. The van der Waals surface area contributed by atoms with Gasteiger partial charge in [-0.05, 0) is 11.6 Å². The highest BCUT2D eigenvalue weighted by Gasteiger charge is 2.24. The summed E-state index contributed by atoms with van der Waals surface area (Å²) in [7, 11) is 0.